The van der Waals surface area contributed by atoms with Crippen molar-refractivity contribution in [1.82, 2.24) is 0 Å². The molecule has 0 aliphatic carbocycles. The van der Waals surface area contributed by atoms with Crippen LogP contribution in [0.3, 0.4) is 0 Å². The summed E-state index contributed by atoms with van der Waals surface area (Å²) < 4.78 is 61.7. The van der Waals surface area contributed by atoms with E-state index < -0.39 is 20.8 Å². The molecule has 0 aliphatic rings. The van der Waals surface area contributed by atoms with Crippen molar-refractivity contribution >= 4 is 21.6 Å². The summed E-state index contributed by atoms with van der Waals surface area (Å²) in [6.45, 7) is 0. The highest BCUT2D eigenvalue weighted by Gasteiger charge is 2.65. The molecule has 1 aromatic carbocycles. The van der Waals surface area contributed by atoms with Crippen LogP contribution in [0.25, 0.3) is 0 Å². The molecule has 0 atom stereocenters. The van der Waals surface area contributed by atoms with E-state index in [2.05, 4.69) is 10.5 Å². The van der Waals surface area contributed by atoms with Gasteiger partial charge in [-0.25, -0.2) is 0 Å². The Hall–Kier alpha value is -1.38. The van der Waals surface area contributed by atoms with Gasteiger partial charge in [0.25, 0.3) is 0 Å². The highest BCUT2D eigenvalue weighted by molar-refractivity contribution is 8.45. The van der Waals surface area contributed by atoms with Gasteiger partial charge in [0, 0.05) is 7.05 Å². The third-order valence-electron chi connectivity index (χ3n) is 1.78. The van der Waals surface area contributed by atoms with Gasteiger partial charge < -0.3 is 5.32 Å². The minimum atomic E-state index is -9.75. The summed E-state index contributed by atoms with van der Waals surface area (Å²) in [5, 5.41) is 4.61. The summed E-state index contributed by atoms with van der Waals surface area (Å²) in [6, 6.07) is 0.965. The molecule has 0 spiro atoms. The molecule has 0 fully saturated rings. The highest BCUT2D eigenvalue weighted by atomic mass is 32.5. The molecule has 0 saturated heterocycles. The van der Waals surface area contributed by atoms with Crippen LogP contribution in [0.1, 0.15) is 0 Å². The second kappa shape index (κ2) is 2.84. The van der Waals surface area contributed by atoms with E-state index in [1.165, 1.54) is 7.05 Å². The Morgan fingerprint density at radius 3 is 2.12 bits per heavy atom. The average molecular weight is 262 g/mol. The normalized spacial score (nSPS) is 16.1. The topological polar surface area (TPSA) is 41.5 Å². The Labute approximate surface area is 87.3 Å². The van der Waals surface area contributed by atoms with E-state index >= 15 is 0 Å². The Bertz CT molecular complexity index is 443. The lowest BCUT2D eigenvalue weighted by molar-refractivity contribution is 0.364. The number of halogens is 5. The summed E-state index contributed by atoms with van der Waals surface area (Å²) in [5.41, 5.74) is -0.770. The summed E-state index contributed by atoms with van der Waals surface area (Å²) in [5.74, 6) is 0. The summed E-state index contributed by atoms with van der Waals surface area (Å²) in [4.78, 5) is 8.05. The molecule has 0 amide bonds. The standard InChI is InChI=1S/C7H7F5N2OS/c1-13-6-3-2-5(4-7(6)14-15)16(8,9,10,11)12/h2-4,13H,1H3. The highest BCUT2D eigenvalue weighted by Crippen LogP contribution is 3.02. The van der Waals surface area contributed by atoms with E-state index in [-0.39, 0.29) is 17.8 Å². The molecule has 16 heavy (non-hydrogen) atoms. The first-order valence-corrected chi connectivity index (χ1v) is 5.82. The quantitative estimate of drug-likeness (QED) is 0.628. The van der Waals surface area contributed by atoms with Gasteiger partial charge in [0.2, 0.25) is 0 Å². The SMILES string of the molecule is CNc1ccc(S(F)(F)(F)(F)F)cc1N=O. The van der Waals surface area contributed by atoms with Gasteiger partial charge >= 0.3 is 10.2 Å². The maximum Gasteiger partial charge on any atom is 0.310 e. The van der Waals surface area contributed by atoms with Crippen LogP contribution in [0.5, 0.6) is 0 Å². The lowest BCUT2D eigenvalue weighted by Crippen LogP contribution is -2.06. The van der Waals surface area contributed by atoms with E-state index in [1.807, 2.05) is 0 Å². The van der Waals surface area contributed by atoms with E-state index in [0.29, 0.717) is 0 Å². The van der Waals surface area contributed by atoms with E-state index in [9.17, 15) is 24.3 Å². The first kappa shape index (κ1) is 12.7. The fraction of sp³-hybridized carbons (Fsp3) is 0.143. The maximum atomic E-state index is 12.3. The first-order valence-electron chi connectivity index (χ1n) is 3.87. The Balaban J connectivity index is 3.48. The summed E-state index contributed by atoms with van der Waals surface area (Å²) >= 11 is 0. The molecule has 0 radical (unpaired) electrons. The zero-order valence-electron chi connectivity index (χ0n) is 7.89. The van der Waals surface area contributed by atoms with E-state index in [1.54, 1.807) is 0 Å². The molecule has 0 heterocycles. The molecule has 1 aromatic rings. The predicted molar refractivity (Wildman–Crippen MR) is 52.8 cm³/mol. The molecule has 92 valence electrons. The maximum absolute atomic E-state index is 12.3. The second-order valence-electron chi connectivity index (χ2n) is 2.99. The number of benzene rings is 1. The van der Waals surface area contributed by atoms with Gasteiger partial charge in [0.1, 0.15) is 10.6 Å². The predicted octanol–water partition coefficient (Wildman–Crippen LogP) is 4.78. The van der Waals surface area contributed by atoms with Crippen molar-refractivity contribution in [3.63, 3.8) is 0 Å². The van der Waals surface area contributed by atoms with Crippen molar-refractivity contribution < 1.29 is 19.4 Å². The van der Waals surface area contributed by atoms with Gasteiger partial charge in [-0.2, -0.15) is 0 Å². The van der Waals surface area contributed by atoms with Gasteiger partial charge in [0.15, 0.2) is 0 Å². The van der Waals surface area contributed by atoms with Crippen LogP contribution in [-0.4, -0.2) is 7.05 Å². The molecule has 0 aromatic heterocycles. The van der Waals surface area contributed by atoms with Crippen LogP contribution in [0.15, 0.2) is 28.3 Å². The van der Waals surface area contributed by atoms with Crippen LogP contribution < -0.4 is 5.32 Å². The van der Waals surface area contributed by atoms with E-state index in [0.717, 1.165) is 6.07 Å². The molecule has 3 nitrogen and oxygen atoms in total. The first-order chi connectivity index (χ1) is 6.97. The van der Waals surface area contributed by atoms with Crippen LogP contribution in [-0.2, 0) is 0 Å². The van der Waals surface area contributed by atoms with Gasteiger partial charge in [-0.3, -0.25) is 0 Å². The largest absolute Gasteiger partial charge is 0.386 e. The number of nitroso groups, excluding NO2 is 1. The number of nitrogens with one attached hydrogen (secondary N) is 1. The minimum absolute atomic E-state index is 0.0282. The second-order valence-corrected chi connectivity index (χ2v) is 5.40. The molecule has 1 rings (SSSR count). The van der Waals surface area contributed by atoms with Crippen molar-refractivity contribution in [2.24, 2.45) is 5.18 Å². The molecular weight excluding hydrogens is 255 g/mol. The van der Waals surface area contributed by atoms with Crippen LogP contribution in [0.2, 0.25) is 0 Å². The Kier molecular flexibility index (Phi) is 2.25. The molecule has 0 bridgehead atoms. The number of anilines is 1. The summed E-state index contributed by atoms with van der Waals surface area (Å²) in [7, 11) is -8.42. The van der Waals surface area contributed by atoms with E-state index in [4.69, 9.17) is 0 Å². The van der Waals surface area contributed by atoms with Gasteiger partial charge in [0.05, 0.1) is 5.69 Å². The molecule has 0 unspecified atom stereocenters. The fourth-order valence-corrected chi connectivity index (χ4v) is 1.70. The van der Waals surface area contributed by atoms with Crippen molar-refractivity contribution in [3.05, 3.63) is 23.1 Å². The van der Waals surface area contributed by atoms with Crippen LogP contribution >= 0.6 is 10.2 Å². The molecule has 9 heteroatoms. The average Bonchev–Trinajstić information content (AvgIpc) is 2.13. The third-order valence-corrected chi connectivity index (χ3v) is 2.93. The monoisotopic (exact) mass is 262 g/mol. The van der Waals surface area contributed by atoms with Crippen LogP contribution in [0, 0.1) is 4.91 Å². The van der Waals surface area contributed by atoms with Crippen molar-refractivity contribution in [3.8, 4) is 0 Å². The Morgan fingerprint density at radius 1 is 1.19 bits per heavy atom. The number of hydrogen-bond donors (Lipinski definition) is 1. The molecule has 0 saturated carbocycles. The minimum Gasteiger partial charge on any atom is -0.386 e. The zero-order chi connectivity index (χ0) is 12.7. The summed E-state index contributed by atoms with van der Waals surface area (Å²) in [6.07, 6.45) is 0. The molecule has 1 N–H and O–H groups in total. The van der Waals surface area contributed by atoms with Gasteiger partial charge in [-0.1, -0.05) is 19.4 Å². The van der Waals surface area contributed by atoms with Crippen molar-refractivity contribution in [2.45, 2.75) is 4.90 Å². The van der Waals surface area contributed by atoms with Crippen molar-refractivity contribution in [1.29, 1.82) is 0 Å². The van der Waals surface area contributed by atoms with Gasteiger partial charge in [-0.15, -0.1) is 4.91 Å². The van der Waals surface area contributed by atoms with Crippen molar-refractivity contribution in [2.75, 3.05) is 12.4 Å². The molecule has 0 aliphatic heterocycles. The van der Waals surface area contributed by atoms with Gasteiger partial charge in [-0.05, 0) is 23.4 Å². The zero-order valence-corrected chi connectivity index (χ0v) is 8.70. The Morgan fingerprint density at radius 2 is 1.75 bits per heavy atom. The third kappa shape index (κ3) is 2.60. The number of hydrogen-bond acceptors (Lipinski definition) is 3. The fourth-order valence-electron chi connectivity index (χ4n) is 1.04. The lowest BCUT2D eigenvalue weighted by atomic mass is 10.3. The van der Waals surface area contributed by atoms with Crippen LogP contribution in [0.4, 0.5) is 30.8 Å². The smallest absolute Gasteiger partial charge is 0.310 e. The number of nitrogens with zero attached hydrogens (tertiary/aromatic N) is 1. The lowest BCUT2D eigenvalue weighted by Gasteiger charge is -2.40. The molecular formula is C7H7F5N2OS. The number of rotatable bonds is 3.